The Hall–Kier alpha value is -1.09. The minimum absolute atomic E-state index is 0. The molecule has 0 saturated heterocycles. The summed E-state index contributed by atoms with van der Waals surface area (Å²) in [7, 11) is 1.75. The highest BCUT2D eigenvalue weighted by Crippen LogP contribution is 2.16. The van der Waals surface area contributed by atoms with Crippen LogP contribution in [0, 0.1) is 5.82 Å². The number of nitrogens with one attached hydrogen (secondary N) is 2. The monoisotopic (exact) mass is 494 g/mol. The van der Waals surface area contributed by atoms with E-state index in [0.29, 0.717) is 4.47 Å². The van der Waals surface area contributed by atoms with Crippen LogP contribution in [0.15, 0.2) is 52.2 Å². The van der Waals surface area contributed by atoms with Gasteiger partial charge in [0.05, 0.1) is 4.47 Å². The standard InChI is InChI=1S/C16H20BrFN4.HI/c1-19-16(21-8-11-22-9-2-3-10-22)20-7-6-13-4-5-15(18)14(17)12-13;/h2-5,9-10,12H,6-8,11H2,1H3,(H2,19,20,21);1H. The molecule has 0 radical (unpaired) electrons. The van der Waals surface area contributed by atoms with Gasteiger partial charge in [0.25, 0.3) is 0 Å². The average Bonchev–Trinajstić information content (AvgIpc) is 3.02. The molecule has 1 aromatic heterocycles. The summed E-state index contributed by atoms with van der Waals surface area (Å²) in [5.74, 6) is 0.535. The zero-order valence-electron chi connectivity index (χ0n) is 12.9. The third-order valence-corrected chi connectivity index (χ3v) is 3.85. The molecule has 0 aliphatic carbocycles. The molecule has 2 aromatic rings. The summed E-state index contributed by atoms with van der Waals surface area (Å²) < 4.78 is 15.8. The van der Waals surface area contributed by atoms with E-state index in [2.05, 4.69) is 36.1 Å². The maximum atomic E-state index is 13.2. The van der Waals surface area contributed by atoms with Crippen LogP contribution in [0.5, 0.6) is 0 Å². The van der Waals surface area contributed by atoms with E-state index >= 15 is 0 Å². The van der Waals surface area contributed by atoms with Gasteiger partial charge in [0.15, 0.2) is 5.96 Å². The van der Waals surface area contributed by atoms with Crippen molar-refractivity contribution in [3.8, 4) is 0 Å². The van der Waals surface area contributed by atoms with Crippen molar-refractivity contribution in [3.63, 3.8) is 0 Å². The van der Waals surface area contributed by atoms with Gasteiger partial charge in [-0.05, 0) is 52.2 Å². The number of hydrogen-bond donors (Lipinski definition) is 2. The van der Waals surface area contributed by atoms with Crippen molar-refractivity contribution in [2.24, 2.45) is 4.99 Å². The van der Waals surface area contributed by atoms with Crippen molar-refractivity contribution in [1.29, 1.82) is 0 Å². The van der Waals surface area contributed by atoms with E-state index in [1.165, 1.54) is 6.07 Å². The molecule has 0 bridgehead atoms. The van der Waals surface area contributed by atoms with Gasteiger partial charge in [-0.2, -0.15) is 0 Å². The van der Waals surface area contributed by atoms with Gasteiger partial charge >= 0.3 is 0 Å². The third kappa shape index (κ3) is 6.90. The molecule has 126 valence electrons. The largest absolute Gasteiger partial charge is 0.356 e. The van der Waals surface area contributed by atoms with Gasteiger partial charge in [-0.1, -0.05) is 6.07 Å². The number of benzene rings is 1. The lowest BCUT2D eigenvalue weighted by Gasteiger charge is -2.12. The molecule has 0 fully saturated rings. The number of hydrogen-bond acceptors (Lipinski definition) is 1. The summed E-state index contributed by atoms with van der Waals surface area (Å²) in [4.78, 5) is 4.19. The van der Waals surface area contributed by atoms with Crippen LogP contribution >= 0.6 is 39.9 Å². The molecule has 2 rings (SSSR count). The van der Waals surface area contributed by atoms with E-state index < -0.39 is 0 Å². The minimum Gasteiger partial charge on any atom is -0.356 e. The van der Waals surface area contributed by atoms with Crippen LogP contribution in [-0.2, 0) is 13.0 Å². The molecule has 0 amide bonds. The molecular weight excluding hydrogens is 474 g/mol. The summed E-state index contributed by atoms with van der Waals surface area (Å²) in [6.07, 6.45) is 4.87. The van der Waals surface area contributed by atoms with Crippen LogP contribution in [0.25, 0.3) is 0 Å². The molecule has 0 atom stereocenters. The summed E-state index contributed by atoms with van der Waals surface area (Å²) in [5, 5.41) is 6.52. The molecular formula is C16H21BrFIN4. The van der Waals surface area contributed by atoms with Crippen LogP contribution in [-0.4, -0.2) is 30.7 Å². The molecule has 4 nitrogen and oxygen atoms in total. The normalized spacial score (nSPS) is 11.0. The lowest BCUT2D eigenvalue weighted by molar-refractivity contribution is 0.620. The van der Waals surface area contributed by atoms with Crippen molar-refractivity contribution in [2.45, 2.75) is 13.0 Å². The lowest BCUT2D eigenvalue weighted by atomic mass is 10.1. The van der Waals surface area contributed by atoms with E-state index in [1.54, 1.807) is 19.2 Å². The Morgan fingerprint density at radius 3 is 2.57 bits per heavy atom. The molecule has 7 heteroatoms. The zero-order chi connectivity index (χ0) is 15.8. The second kappa shape index (κ2) is 10.6. The van der Waals surface area contributed by atoms with Crippen LogP contribution < -0.4 is 10.6 Å². The number of guanidine groups is 1. The Morgan fingerprint density at radius 1 is 1.22 bits per heavy atom. The first-order valence-corrected chi connectivity index (χ1v) is 7.97. The molecule has 0 aliphatic rings. The van der Waals surface area contributed by atoms with Crippen LogP contribution in [0.4, 0.5) is 4.39 Å². The molecule has 1 aromatic carbocycles. The van der Waals surface area contributed by atoms with Crippen molar-refractivity contribution in [3.05, 3.63) is 58.6 Å². The van der Waals surface area contributed by atoms with Gasteiger partial charge in [-0.25, -0.2) is 4.39 Å². The van der Waals surface area contributed by atoms with Gasteiger partial charge in [0.2, 0.25) is 0 Å². The summed E-state index contributed by atoms with van der Waals surface area (Å²) in [5.41, 5.74) is 1.07. The van der Waals surface area contributed by atoms with Gasteiger partial charge in [-0.15, -0.1) is 24.0 Å². The molecule has 1 heterocycles. The number of aliphatic imine (C=N–C) groups is 1. The number of halogens is 3. The second-order valence-corrected chi connectivity index (χ2v) is 5.70. The Labute approximate surface area is 161 Å². The van der Waals surface area contributed by atoms with Crippen LogP contribution in [0.2, 0.25) is 0 Å². The topological polar surface area (TPSA) is 41.4 Å². The maximum absolute atomic E-state index is 13.2. The first-order valence-electron chi connectivity index (χ1n) is 7.18. The quantitative estimate of drug-likeness (QED) is 0.367. The highest BCUT2D eigenvalue weighted by atomic mass is 127. The van der Waals surface area contributed by atoms with Gasteiger partial charge in [-0.3, -0.25) is 4.99 Å². The Bertz CT molecular complexity index is 617. The number of aromatic nitrogens is 1. The number of rotatable bonds is 6. The molecule has 2 N–H and O–H groups in total. The predicted molar refractivity (Wildman–Crippen MR) is 107 cm³/mol. The molecule has 0 saturated carbocycles. The van der Waals surface area contributed by atoms with Gasteiger partial charge in [0.1, 0.15) is 5.82 Å². The smallest absolute Gasteiger partial charge is 0.191 e. The van der Waals surface area contributed by atoms with Crippen LogP contribution in [0.3, 0.4) is 0 Å². The van der Waals surface area contributed by atoms with Gasteiger partial charge in [0, 0.05) is 39.1 Å². The second-order valence-electron chi connectivity index (χ2n) is 4.85. The van der Waals surface area contributed by atoms with Crippen molar-refractivity contribution in [2.75, 3.05) is 20.1 Å². The van der Waals surface area contributed by atoms with Crippen LogP contribution in [0.1, 0.15) is 5.56 Å². The fourth-order valence-corrected chi connectivity index (χ4v) is 2.49. The van der Waals surface area contributed by atoms with E-state index in [4.69, 9.17) is 0 Å². The molecule has 0 spiro atoms. The summed E-state index contributed by atoms with van der Waals surface area (Å²) in [6.45, 7) is 2.43. The fourth-order valence-electron chi connectivity index (χ4n) is 2.06. The summed E-state index contributed by atoms with van der Waals surface area (Å²) in [6, 6.07) is 9.09. The molecule has 0 unspecified atom stereocenters. The predicted octanol–water partition coefficient (Wildman–Crippen LogP) is 3.42. The fraction of sp³-hybridized carbons (Fsp3) is 0.312. The van der Waals surface area contributed by atoms with E-state index in [-0.39, 0.29) is 29.8 Å². The van der Waals surface area contributed by atoms with E-state index in [0.717, 1.165) is 37.6 Å². The highest BCUT2D eigenvalue weighted by molar-refractivity contribution is 14.0. The highest BCUT2D eigenvalue weighted by Gasteiger charge is 2.01. The SMILES string of the molecule is CN=C(NCCc1ccc(F)c(Br)c1)NCCn1cccc1.I. The van der Waals surface area contributed by atoms with E-state index in [9.17, 15) is 4.39 Å². The maximum Gasteiger partial charge on any atom is 0.191 e. The Morgan fingerprint density at radius 2 is 1.91 bits per heavy atom. The van der Waals surface area contributed by atoms with Crippen molar-refractivity contribution < 1.29 is 4.39 Å². The third-order valence-electron chi connectivity index (χ3n) is 3.24. The minimum atomic E-state index is -0.237. The Kier molecular flexibility index (Phi) is 9.23. The molecule has 23 heavy (non-hydrogen) atoms. The molecule has 0 aliphatic heterocycles. The van der Waals surface area contributed by atoms with E-state index in [1.807, 2.05) is 24.5 Å². The summed E-state index contributed by atoms with van der Waals surface area (Å²) >= 11 is 3.20. The average molecular weight is 495 g/mol. The van der Waals surface area contributed by atoms with Crippen molar-refractivity contribution >= 4 is 45.9 Å². The Balaban J connectivity index is 0.00000264. The number of nitrogens with zero attached hydrogens (tertiary/aromatic N) is 2. The zero-order valence-corrected chi connectivity index (χ0v) is 16.8. The first kappa shape index (κ1) is 20.0. The van der Waals surface area contributed by atoms with Crippen molar-refractivity contribution in [1.82, 2.24) is 15.2 Å². The lowest BCUT2D eigenvalue weighted by Crippen LogP contribution is -2.39. The first-order chi connectivity index (χ1) is 10.7. The van der Waals surface area contributed by atoms with Gasteiger partial charge < -0.3 is 15.2 Å².